The molecule has 0 aliphatic carbocycles. The molecule has 0 radical (unpaired) electrons. The molecule has 0 saturated carbocycles. The molecule has 18 nitrogen and oxygen atoms in total. The molecule has 0 N–H and O–H groups in total. The molecule has 0 amide bonds. The number of unbranched alkanes of at least 4 members (excludes halogenated alkanes) is 6. The van der Waals surface area contributed by atoms with Gasteiger partial charge < -0.3 is 83.9 Å². The first-order valence-corrected chi connectivity index (χ1v) is 23.0. The van der Waals surface area contributed by atoms with E-state index in [1.807, 2.05) is 41.5 Å². The standard InChI is InChI=1S/6C4H11O3P.Mo/c6*1-2-3-4-7-8(5)6;/h6*8H,2-4H2,1H3,(H,5,6);/q;;;;;;+6/p-6. The second-order valence-electron chi connectivity index (χ2n) is 8.71. The van der Waals surface area contributed by atoms with Crippen LogP contribution in [0.25, 0.3) is 0 Å². The number of rotatable bonds is 24. The molecule has 49 heavy (non-hydrogen) atoms. The van der Waals surface area contributed by atoms with Crippen LogP contribution >= 0.6 is 49.5 Å². The van der Waals surface area contributed by atoms with Gasteiger partial charge >= 0.3 is 21.1 Å². The molecule has 6 atom stereocenters. The van der Waals surface area contributed by atoms with Gasteiger partial charge in [-0.3, -0.25) is 0 Å². The summed E-state index contributed by atoms with van der Waals surface area (Å²) in [5.74, 6) is 0. The van der Waals surface area contributed by atoms with Crippen molar-refractivity contribution >= 4 is 49.5 Å². The van der Waals surface area contributed by atoms with Crippen molar-refractivity contribution in [3.63, 3.8) is 0 Å². The van der Waals surface area contributed by atoms with Crippen LogP contribution in [0.4, 0.5) is 0 Å². The molecule has 300 valence electrons. The Morgan fingerprint density at radius 3 is 0.469 bits per heavy atom. The molecule has 0 aliphatic rings. The molecule has 0 heterocycles. The van der Waals surface area contributed by atoms with Gasteiger partial charge in [-0.05, 0) is 38.5 Å². The molecule has 0 spiro atoms. The zero-order valence-corrected chi connectivity index (χ0v) is 37.5. The van der Waals surface area contributed by atoms with Gasteiger partial charge in [-0.1, -0.05) is 80.1 Å². The van der Waals surface area contributed by atoms with E-state index in [4.69, 9.17) is 0 Å². The molecule has 25 heteroatoms. The SMILES string of the molecule is CCCCO[PH](=O)[O-].CCCCO[PH](=O)[O-].CCCCO[PH](=O)[O-].CCCCO[PH](=O)[O-].CCCCO[PH](=O)[O-].CCCCO[PH](=O)[O-].[Mo+6]. The minimum atomic E-state index is -2.91. The minimum absolute atomic E-state index is 0. The minimum Gasteiger partial charge on any atom is -0.781 e. The first kappa shape index (κ1) is 65.5. The van der Waals surface area contributed by atoms with E-state index in [0.717, 1.165) is 77.0 Å². The average Bonchev–Trinajstić information content (AvgIpc) is 2.99. The van der Waals surface area contributed by atoms with Crippen LogP contribution in [0.1, 0.15) is 119 Å². The van der Waals surface area contributed by atoms with Gasteiger partial charge in [-0.15, -0.1) is 0 Å². The third kappa shape index (κ3) is 113. The predicted octanol–water partition coefficient (Wildman–Crippen LogP) is 3.32. The maximum Gasteiger partial charge on any atom is 6.00 e. The smallest absolute Gasteiger partial charge is 0.781 e. The second kappa shape index (κ2) is 61.6. The van der Waals surface area contributed by atoms with Crippen LogP contribution in [0, 0.1) is 0 Å². The van der Waals surface area contributed by atoms with Gasteiger partial charge in [0.05, 0.1) is 39.6 Å². The van der Waals surface area contributed by atoms with Crippen molar-refractivity contribution in [1.82, 2.24) is 0 Å². The van der Waals surface area contributed by atoms with Crippen molar-refractivity contribution in [2.75, 3.05) is 39.6 Å². The summed E-state index contributed by atoms with van der Waals surface area (Å²) < 4.78 is 84.0. The fraction of sp³-hybridized carbons (Fsp3) is 1.00. The predicted molar refractivity (Wildman–Crippen MR) is 179 cm³/mol. The van der Waals surface area contributed by atoms with Crippen LogP contribution in [-0.4, -0.2) is 39.6 Å². The van der Waals surface area contributed by atoms with E-state index in [9.17, 15) is 56.8 Å². The zero-order chi connectivity index (χ0) is 38.4. The van der Waals surface area contributed by atoms with Crippen molar-refractivity contribution in [2.45, 2.75) is 119 Å². The third-order valence-corrected chi connectivity index (χ3v) is 6.95. The van der Waals surface area contributed by atoms with E-state index in [-0.39, 0.29) is 21.1 Å². The largest absolute Gasteiger partial charge is 6.00 e. The topological polar surface area (TPSA) is 296 Å². The summed E-state index contributed by atoms with van der Waals surface area (Å²) >= 11 is 0. The Kier molecular flexibility index (Phi) is 82.3. The first-order chi connectivity index (χ1) is 22.6. The Morgan fingerprint density at radius 1 is 0.306 bits per heavy atom. The molecule has 0 aliphatic heterocycles. The Balaban J connectivity index is -0.0000000860. The van der Waals surface area contributed by atoms with Gasteiger partial charge in [0.1, 0.15) is 49.5 Å². The van der Waals surface area contributed by atoms with E-state index in [1.54, 1.807) is 0 Å². The molecule has 0 aromatic carbocycles. The Labute approximate surface area is 311 Å². The van der Waals surface area contributed by atoms with Gasteiger partial charge in [0.25, 0.3) is 0 Å². The molecule has 0 saturated heterocycles. The van der Waals surface area contributed by atoms with E-state index < -0.39 is 49.5 Å². The average molecular weight is 919 g/mol. The molecule has 0 bridgehead atoms. The maximum absolute atomic E-state index is 9.73. The van der Waals surface area contributed by atoms with E-state index >= 15 is 0 Å². The summed E-state index contributed by atoms with van der Waals surface area (Å²) in [6, 6.07) is 0. The van der Waals surface area contributed by atoms with Crippen LogP contribution in [0.2, 0.25) is 0 Å². The number of hydrogen-bond donors (Lipinski definition) is 0. The summed E-state index contributed by atoms with van der Waals surface area (Å²) in [6.07, 6.45) is 10.7. The molecular formula is C24H60MoO18P6. The normalized spacial score (nSPS) is 13.5. The maximum atomic E-state index is 9.73. The molecular weight excluding hydrogens is 858 g/mol. The molecule has 0 rings (SSSR count). The molecule has 6 unspecified atom stereocenters. The quantitative estimate of drug-likeness (QED) is 0.0762. The van der Waals surface area contributed by atoms with E-state index in [1.165, 1.54) is 0 Å². The number of hydrogen-bond acceptors (Lipinski definition) is 18. The fourth-order valence-electron chi connectivity index (χ4n) is 1.80. The Morgan fingerprint density at radius 2 is 0.408 bits per heavy atom. The van der Waals surface area contributed by atoms with Gasteiger partial charge in [0.2, 0.25) is 0 Å². The summed E-state index contributed by atoms with van der Waals surface area (Å²) in [4.78, 5) is 58.4. The zero-order valence-electron chi connectivity index (χ0n) is 29.5. The van der Waals surface area contributed by atoms with Crippen LogP contribution in [0.15, 0.2) is 0 Å². The molecule has 0 aromatic rings. The molecule has 0 aromatic heterocycles. The van der Waals surface area contributed by atoms with Gasteiger partial charge in [-0.2, -0.15) is 0 Å². The van der Waals surface area contributed by atoms with Crippen molar-refractivity contribution < 1.29 is 105 Å². The molecule has 0 fully saturated rings. The van der Waals surface area contributed by atoms with Crippen LogP contribution in [0.3, 0.4) is 0 Å². The van der Waals surface area contributed by atoms with Gasteiger partial charge in [-0.25, -0.2) is 0 Å². The van der Waals surface area contributed by atoms with Gasteiger partial charge in [0.15, 0.2) is 0 Å². The Bertz CT molecular complexity index is 604. The monoisotopic (exact) mass is 920 g/mol. The Hall–Kier alpha value is 1.59. The summed E-state index contributed by atoms with van der Waals surface area (Å²) in [7, 11) is -17.4. The van der Waals surface area contributed by atoms with Crippen molar-refractivity contribution in [2.24, 2.45) is 0 Å². The third-order valence-electron chi connectivity index (χ3n) is 4.31. The van der Waals surface area contributed by atoms with Crippen molar-refractivity contribution in [1.29, 1.82) is 0 Å². The van der Waals surface area contributed by atoms with Crippen molar-refractivity contribution in [3.05, 3.63) is 0 Å². The van der Waals surface area contributed by atoms with Crippen LogP contribution in [-0.2, 0) is 75.6 Å². The van der Waals surface area contributed by atoms with E-state index in [0.29, 0.717) is 39.6 Å². The summed E-state index contributed by atoms with van der Waals surface area (Å²) in [6.45, 7) is 13.9. The second-order valence-corrected chi connectivity index (χ2v) is 13.4. The summed E-state index contributed by atoms with van der Waals surface area (Å²) in [5.41, 5.74) is 0. The van der Waals surface area contributed by atoms with Crippen LogP contribution < -0.4 is 29.4 Å². The fourth-order valence-corrected chi connectivity index (χ4v) is 3.67. The summed E-state index contributed by atoms with van der Waals surface area (Å²) in [5, 5.41) is 0. The first-order valence-electron chi connectivity index (χ1n) is 15.6. The van der Waals surface area contributed by atoms with Crippen molar-refractivity contribution in [3.8, 4) is 0 Å². The van der Waals surface area contributed by atoms with Gasteiger partial charge in [0, 0.05) is 0 Å². The van der Waals surface area contributed by atoms with Crippen LogP contribution in [0.5, 0.6) is 0 Å². The van der Waals surface area contributed by atoms with E-state index in [2.05, 4.69) is 27.1 Å².